The summed E-state index contributed by atoms with van der Waals surface area (Å²) in [6.45, 7) is 4.82. The number of ketones is 1. The van der Waals surface area contributed by atoms with Gasteiger partial charge < -0.3 is 4.74 Å². The largest absolute Gasteiger partial charge is 0.376 e. The highest BCUT2D eigenvalue weighted by atomic mass is 32.2. The van der Waals surface area contributed by atoms with Crippen LogP contribution in [0.3, 0.4) is 0 Å². The van der Waals surface area contributed by atoms with Gasteiger partial charge in [-0.2, -0.15) is 8.42 Å². The van der Waals surface area contributed by atoms with E-state index in [1.54, 1.807) is 0 Å². The molecule has 120 valence electrons. The van der Waals surface area contributed by atoms with E-state index in [1.807, 2.05) is 13.8 Å². The Morgan fingerprint density at radius 2 is 2.10 bits per heavy atom. The molecule has 0 amide bonds. The summed E-state index contributed by atoms with van der Waals surface area (Å²) >= 11 is 0. The van der Waals surface area contributed by atoms with Gasteiger partial charge in [0.25, 0.3) is 10.1 Å². The van der Waals surface area contributed by atoms with Crippen LogP contribution in [0.1, 0.15) is 46.0 Å². The zero-order valence-corrected chi connectivity index (χ0v) is 13.6. The van der Waals surface area contributed by atoms with Crippen LogP contribution in [-0.2, 0) is 23.8 Å². The molecule has 21 heavy (non-hydrogen) atoms. The molecule has 0 unspecified atom stereocenters. The fourth-order valence-electron chi connectivity index (χ4n) is 4.41. The van der Waals surface area contributed by atoms with Crippen molar-refractivity contribution < 1.29 is 22.1 Å². The number of carbonyl (C=O) groups excluding carboxylic acids is 1. The van der Waals surface area contributed by atoms with Gasteiger partial charge >= 0.3 is 0 Å². The summed E-state index contributed by atoms with van der Waals surface area (Å²) in [6.07, 6.45) is 3.81. The molecular weight excluding hydrogens is 292 g/mol. The second kappa shape index (κ2) is 5.03. The van der Waals surface area contributed by atoms with Crippen LogP contribution in [0.2, 0.25) is 0 Å². The first kappa shape index (κ1) is 15.4. The van der Waals surface area contributed by atoms with Gasteiger partial charge in [0.1, 0.15) is 5.78 Å². The maximum atomic E-state index is 12.4. The number of hydrogen-bond donors (Lipinski definition) is 0. The van der Waals surface area contributed by atoms with Crippen LogP contribution >= 0.6 is 0 Å². The van der Waals surface area contributed by atoms with Crippen molar-refractivity contribution in [1.82, 2.24) is 0 Å². The first-order valence-electron chi connectivity index (χ1n) is 7.79. The van der Waals surface area contributed by atoms with Crippen LogP contribution in [0.25, 0.3) is 0 Å². The molecule has 0 radical (unpaired) electrons. The molecule has 6 heteroatoms. The molecule has 0 N–H and O–H groups in total. The minimum Gasteiger partial charge on any atom is -0.376 e. The van der Waals surface area contributed by atoms with Gasteiger partial charge in [0, 0.05) is 13.0 Å². The minimum atomic E-state index is -3.70. The Morgan fingerprint density at radius 3 is 2.62 bits per heavy atom. The van der Waals surface area contributed by atoms with Crippen molar-refractivity contribution in [3.05, 3.63) is 0 Å². The second-order valence-electron chi connectivity index (χ2n) is 7.29. The molecular formula is C15H24O5S. The predicted octanol–water partition coefficient (Wildman–Crippen LogP) is 1.91. The Kier molecular flexibility index (Phi) is 3.70. The highest BCUT2D eigenvalue weighted by Gasteiger charge is 2.65. The fourth-order valence-corrected chi connectivity index (χ4v) is 6.13. The van der Waals surface area contributed by atoms with E-state index in [9.17, 15) is 13.2 Å². The number of ether oxygens (including phenoxy) is 1. The van der Waals surface area contributed by atoms with E-state index in [1.165, 1.54) is 0 Å². The van der Waals surface area contributed by atoms with Crippen molar-refractivity contribution in [3.63, 3.8) is 0 Å². The van der Waals surface area contributed by atoms with Crippen LogP contribution in [0.15, 0.2) is 0 Å². The summed E-state index contributed by atoms with van der Waals surface area (Å²) in [7, 11) is -3.70. The quantitative estimate of drug-likeness (QED) is 0.725. The standard InChI is InChI=1S/C15H24O5S/c1-14(2)11-5-6-15(14,13(16)8-11)10-21(17,18)20-9-12-4-3-7-19-12/h11-12H,3-10H2,1-2H3/t11-,12-,15-/m1/s1. The summed E-state index contributed by atoms with van der Waals surface area (Å²) in [5.74, 6) is 0.251. The molecule has 2 bridgehead atoms. The van der Waals surface area contributed by atoms with Gasteiger partial charge in [0.05, 0.1) is 23.9 Å². The summed E-state index contributed by atoms with van der Waals surface area (Å²) < 4.78 is 35.2. The Bertz CT molecular complexity index is 532. The van der Waals surface area contributed by atoms with Crippen molar-refractivity contribution >= 4 is 15.9 Å². The number of carbonyl (C=O) groups is 1. The number of rotatable bonds is 5. The van der Waals surface area contributed by atoms with Gasteiger partial charge in [-0.15, -0.1) is 0 Å². The van der Waals surface area contributed by atoms with Gasteiger partial charge in [-0.05, 0) is 37.0 Å². The summed E-state index contributed by atoms with van der Waals surface area (Å²) in [4.78, 5) is 12.4. The van der Waals surface area contributed by atoms with E-state index in [2.05, 4.69) is 0 Å². The Morgan fingerprint density at radius 1 is 1.33 bits per heavy atom. The van der Waals surface area contributed by atoms with Crippen molar-refractivity contribution in [2.24, 2.45) is 16.7 Å². The Balaban J connectivity index is 1.70. The summed E-state index contributed by atoms with van der Waals surface area (Å²) in [5.41, 5.74) is -0.989. The number of hydrogen-bond acceptors (Lipinski definition) is 5. The third-order valence-electron chi connectivity index (χ3n) is 6.02. The highest BCUT2D eigenvalue weighted by molar-refractivity contribution is 7.86. The average Bonchev–Trinajstić information content (AvgIpc) is 3.02. The maximum Gasteiger partial charge on any atom is 0.268 e. The molecule has 1 aliphatic heterocycles. The summed E-state index contributed by atoms with van der Waals surface area (Å²) in [5, 5.41) is 0. The molecule has 0 aromatic heterocycles. The highest BCUT2D eigenvalue weighted by Crippen LogP contribution is 2.64. The molecule has 0 aromatic rings. The molecule has 1 saturated heterocycles. The van der Waals surface area contributed by atoms with E-state index in [-0.39, 0.29) is 29.7 Å². The lowest BCUT2D eigenvalue weighted by molar-refractivity contribution is -0.128. The van der Waals surface area contributed by atoms with Crippen LogP contribution in [-0.4, -0.2) is 39.3 Å². The molecule has 2 aliphatic carbocycles. The first-order valence-corrected chi connectivity index (χ1v) is 9.37. The SMILES string of the molecule is CC1(C)[C@@H]2CC[C@@]1(CS(=O)(=O)OC[C@H]1CCCO1)C(=O)C2. The Labute approximate surface area is 126 Å². The molecule has 3 atom stereocenters. The van der Waals surface area contributed by atoms with E-state index in [0.29, 0.717) is 25.4 Å². The lowest BCUT2D eigenvalue weighted by Crippen LogP contribution is -2.42. The predicted molar refractivity (Wildman–Crippen MR) is 77.3 cm³/mol. The van der Waals surface area contributed by atoms with Gasteiger partial charge in [0.2, 0.25) is 0 Å². The van der Waals surface area contributed by atoms with Crippen molar-refractivity contribution in [1.29, 1.82) is 0 Å². The van der Waals surface area contributed by atoms with Crippen LogP contribution in [0.5, 0.6) is 0 Å². The zero-order chi connectivity index (χ0) is 15.3. The first-order chi connectivity index (χ1) is 9.77. The third kappa shape index (κ3) is 2.45. The molecule has 1 heterocycles. The van der Waals surface area contributed by atoms with Crippen molar-refractivity contribution in [2.45, 2.75) is 52.1 Å². The normalized spacial score (nSPS) is 38.3. The van der Waals surface area contributed by atoms with E-state index < -0.39 is 15.5 Å². The topological polar surface area (TPSA) is 69.7 Å². The van der Waals surface area contributed by atoms with Gasteiger partial charge in [-0.25, -0.2) is 0 Å². The number of fused-ring (bicyclic) bond motifs is 2. The second-order valence-corrected chi connectivity index (χ2v) is 8.93. The lowest BCUT2D eigenvalue weighted by Gasteiger charge is -2.35. The monoisotopic (exact) mass is 316 g/mol. The van der Waals surface area contributed by atoms with E-state index in [4.69, 9.17) is 8.92 Å². The van der Waals surface area contributed by atoms with Crippen molar-refractivity contribution in [2.75, 3.05) is 19.0 Å². The van der Waals surface area contributed by atoms with Gasteiger partial charge in [0.15, 0.2) is 0 Å². The lowest BCUT2D eigenvalue weighted by atomic mass is 9.70. The molecule has 5 nitrogen and oxygen atoms in total. The van der Waals surface area contributed by atoms with Gasteiger partial charge in [-0.1, -0.05) is 13.8 Å². The van der Waals surface area contributed by atoms with Crippen LogP contribution in [0.4, 0.5) is 0 Å². The van der Waals surface area contributed by atoms with Crippen LogP contribution < -0.4 is 0 Å². The zero-order valence-electron chi connectivity index (χ0n) is 12.8. The minimum absolute atomic E-state index is 0.0798. The van der Waals surface area contributed by atoms with Crippen molar-refractivity contribution in [3.8, 4) is 0 Å². The molecule has 0 spiro atoms. The molecule has 0 aromatic carbocycles. The van der Waals surface area contributed by atoms with Crippen LogP contribution in [0, 0.1) is 16.7 Å². The average molecular weight is 316 g/mol. The summed E-state index contributed by atoms with van der Waals surface area (Å²) in [6, 6.07) is 0. The molecule has 3 rings (SSSR count). The number of Topliss-reactive ketones (excluding diaryl/α,β-unsaturated/α-hetero) is 1. The molecule has 3 aliphatic rings. The molecule has 2 saturated carbocycles. The maximum absolute atomic E-state index is 12.4. The van der Waals surface area contributed by atoms with E-state index >= 15 is 0 Å². The smallest absolute Gasteiger partial charge is 0.268 e. The fraction of sp³-hybridized carbons (Fsp3) is 0.933. The van der Waals surface area contributed by atoms with Gasteiger partial charge in [-0.3, -0.25) is 8.98 Å². The third-order valence-corrected chi connectivity index (χ3v) is 7.36. The van der Waals surface area contributed by atoms with E-state index in [0.717, 1.165) is 19.3 Å². The molecule has 3 fully saturated rings. The Hall–Kier alpha value is -0.460.